The van der Waals surface area contributed by atoms with Crippen molar-refractivity contribution in [1.82, 2.24) is 10.1 Å². The minimum atomic E-state index is -0.211. The number of nitrogens with zero attached hydrogens (tertiary/aromatic N) is 2. The van der Waals surface area contributed by atoms with Gasteiger partial charge in [0.25, 0.3) is 0 Å². The Hall–Kier alpha value is -0.880. The fourth-order valence-corrected chi connectivity index (χ4v) is 2.54. The number of ketones is 1. The van der Waals surface area contributed by atoms with Crippen LogP contribution >= 0.6 is 11.8 Å². The number of ether oxygens (including phenoxy) is 1. The molecule has 0 bridgehead atoms. The molecule has 6 heteroatoms. The first-order valence-electron chi connectivity index (χ1n) is 5.32. The Morgan fingerprint density at radius 3 is 3.19 bits per heavy atom. The third kappa shape index (κ3) is 2.62. The van der Waals surface area contributed by atoms with E-state index in [0.717, 1.165) is 12.2 Å². The standard InChI is InChI=1S/C10H14N2O3S/c1-2-3-14-4-9-11-10(15-12-9)7-5-16-6-8(7)13/h7H,2-6H2,1H3. The number of hydrogen-bond acceptors (Lipinski definition) is 6. The van der Waals surface area contributed by atoms with Crippen LogP contribution in [0.4, 0.5) is 0 Å². The lowest BCUT2D eigenvalue weighted by Crippen LogP contribution is -2.09. The molecule has 1 saturated heterocycles. The summed E-state index contributed by atoms with van der Waals surface area (Å²) in [6.07, 6.45) is 0.961. The predicted octanol–water partition coefficient (Wildman–Crippen LogP) is 1.40. The maximum Gasteiger partial charge on any atom is 0.238 e. The fourth-order valence-electron chi connectivity index (χ4n) is 1.46. The first-order chi connectivity index (χ1) is 7.81. The van der Waals surface area contributed by atoms with E-state index in [4.69, 9.17) is 9.26 Å². The van der Waals surface area contributed by atoms with Gasteiger partial charge in [0.05, 0.1) is 5.75 Å². The molecule has 0 radical (unpaired) electrons. The Bertz CT molecular complexity index is 367. The van der Waals surface area contributed by atoms with Gasteiger partial charge < -0.3 is 9.26 Å². The van der Waals surface area contributed by atoms with Gasteiger partial charge in [0.2, 0.25) is 5.89 Å². The Kier molecular flexibility index (Phi) is 3.95. The molecule has 0 aromatic carbocycles. The van der Waals surface area contributed by atoms with Crippen LogP contribution < -0.4 is 0 Å². The van der Waals surface area contributed by atoms with Crippen molar-refractivity contribution >= 4 is 17.5 Å². The van der Waals surface area contributed by atoms with Crippen LogP contribution in [-0.4, -0.2) is 34.0 Å². The maximum absolute atomic E-state index is 11.5. The third-order valence-electron chi connectivity index (χ3n) is 2.28. The average molecular weight is 242 g/mol. The summed E-state index contributed by atoms with van der Waals surface area (Å²) in [5, 5.41) is 3.79. The van der Waals surface area contributed by atoms with E-state index in [1.54, 1.807) is 11.8 Å². The van der Waals surface area contributed by atoms with Crippen LogP contribution in [0.15, 0.2) is 4.52 Å². The van der Waals surface area contributed by atoms with Crippen LogP contribution in [0.1, 0.15) is 31.0 Å². The molecule has 1 aliphatic rings. The van der Waals surface area contributed by atoms with Gasteiger partial charge in [0.15, 0.2) is 11.6 Å². The lowest BCUT2D eigenvalue weighted by Gasteiger charge is -1.98. The summed E-state index contributed by atoms with van der Waals surface area (Å²) < 4.78 is 10.4. The lowest BCUT2D eigenvalue weighted by molar-refractivity contribution is -0.117. The van der Waals surface area contributed by atoms with Crippen molar-refractivity contribution < 1.29 is 14.1 Å². The van der Waals surface area contributed by atoms with Crippen molar-refractivity contribution in [1.29, 1.82) is 0 Å². The molecule has 1 unspecified atom stereocenters. The van der Waals surface area contributed by atoms with E-state index in [-0.39, 0.29) is 11.7 Å². The van der Waals surface area contributed by atoms with Crippen molar-refractivity contribution in [3.63, 3.8) is 0 Å². The molecule has 0 N–H and O–H groups in total. The van der Waals surface area contributed by atoms with Crippen LogP contribution in [0.5, 0.6) is 0 Å². The SMILES string of the molecule is CCCOCc1noc(C2CSCC2=O)n1. The second kappa shape index (κ2) is 5.45. The molecule has 88 valence electrons. The first-order valence-corrected chi connectivity index (χ1v) is 6.47. The third-order valence-corrected chi connectivity index (χ3v) is 3.34. The highest BCUT2D eigenvalue weighted by molar-refractivity contribution is 8.00. The Labute approximate surface area is 97.9 Å². The number of hydrogen-bond donors (Lipinski definition) is 0. The zero-order valence-electron chi connectivity index (χ0n) is 9.14. The summed E-state index contributed by atoms with van der Waals surface area (Å²) in [4.78, 5) is 15.6. The highest BCUT2D eigenvalue weighted by atomic mass is 32.2. The molecule has 2 heterocycles. The van der Waals surface area contributed by atoms with Gasteiger partial charge in [-0.05, 0) is 6.42 Å². The number of carbonyl (C=O) groups is 1. The first kappa shape index (κ1) is 11.6. The van der Waals surface area contributed by atoms with Crippen molar-refractivity contribution in [2.24, 2.45) is 0 Å². The number of rotatable bonds is 5. The van der Waals surface area contributed by atoms with Gasteiger partial charge in [-0.2, -0.15) is 16.7 Å². The number of thioether (sulfide) groups is 1. The van der Waals surface area contributed by atoms with Gasteiger partial charge in [-0.3, -0.25) is 4.79 Å². The quantitative estimate of drug-likeness (QED) is 0.727. The van der Waals surface area contributed by atoms with Crippen molar-refractivity contribution in [2.45, 2.75) is 25.9 Å². The van der Waals surface area contributed by atoms with E-state index >= 15 is 0 Å². The number of carbonyl (C=O) groups excluding carboxylic acids is 1. The molecule has 0 amide bonds. The normalized spacial score (nSPS) is 20.6. The van der Waals surface area contributed by atoms with Gasteiger partial charge >= 0.3 is 0 Å². The molecule has 16 heavy (non-hydrogen) atoms. The van der Waals surface area contributed by atoms with E-state index < -0.39 is 0 Å². The van der Waals surface area contributed by atoms with Crippen LogP contribution in [-0.2, 0) is 16.1 Å². The van der Waals surface area contributed by atoms with Crippen LogP contribution in [0.25, 0.3) is 0 Å². The molecule has 0 aliphatic carbocycles. The second-order valence-corrected chi connectivity index (χ2v) is 4.67. The minimum absolute atomic E-state index is 0.176. The van der Waals surface area contributed by atoms with Gasteiger partial charge in [-0.15, -0.1) is 0 Å². The second-order valence-electron chi connectivity index (χ2n) is 3.64. The van der Waals surface area contributed by atoms with Crippen LogP contribution in [0.3, 0.4) is 0 Å². The minimum Gasteiger partial charge on any atom is -0.373 e. The topological polar surface area (TPSA) is 65.2 Å². The molecule has 1 aromatic heterocycles. The Balaban J connectivity index is 1.93. The average Bonchev–Trinajstić information content (AvgIpc) is 2.87. The van der Waals surface area contributed by atoms with Crippen LogP contribution in [0, 0.1) is 0 Å². The maximum atomic E-state index is 11.5. The Morgan fingerprint density at radius 1 is 1.62 bits per heavy atom. The highest BCUT2D eigenvalue weighted by Crippen LogP contribution is 2.28. The van der Waals surface area contributed by atoms with E-state index in [2.05, 4.69) is 10.1 Å². The van der Waals surface area contributed by atoms with Gasteiger partial charge in [0.1, 0.15) is 12.5 Å². The monoisotopic (exact) mass is 242 g/mol. The smallest absolute Gasteiger partial charge is 0.238 e. The van der Waals surface area contributed by atoms with Gasteiger partial charge in [0, 0.05) is 12.4 Å². The molecule has 1 aliphatic heterocycles. The summed E-state index contributed by atoms with van der Waals surface area (Å²) in [5.74, 6) is 2.22. The molecular weight excluding hydrogens is 228 g/mol. The zero-order chi connectivity index (χ0) is 11.4. The molecule has 1 atom stereocenters. The summed E-state index contributed by atoms with van der Waals surface area (Å²) in [6.45, 7) is 3.07. The fraction of sp³-hybridized carbons (Fsp3) is 0.700. The summed E-state index contributed by atoms with van der Waals surface area (Å²) in [7, 11) is 0. The molecule has 1 fully saturated rings. The predicted molar refractivity (Wildman–Crippen MR) is 59.3 cm³/mol. The van der Waals surface area contributed by atoms with Crippen molar-refractivity contribution in [2.75, 3.05) is 18.1 Å². The zero-order valence-corrected chi connectivity index (χ0v) is 9.96. The Morgan fingerprint density at radius 2 is 2.50 bits per heavy atom. The van der Waals surface area contributed by atoms with Crippen molar-refractivity contribution in [3.05, 3.63) is 11.7 Å². The lowest BCUT2D eigenvalue weighted by atomic mass is 10.1. The molecular formula is C10H14N2O3S. The van der Waals surface area contributed by atoms with E-state index in [9.17, 15) is 4.79 Å². The number of aromatic nitrogens is 2. The molecule has 2 rings (SSSR count). The van der Waals surface area contributed by atoms with Crippen molar-refractivity contribution in [3.8, 4) is 0 Å². The van der Waals surface area contributed by atoms with Gasteiger partial charge in [-0.1, -0.05) is 12.1 Å². The van der Waals surface area contributed by atoms with Crippen LogP contribution in [0.2, 0.25) is 0 Å². The van der Waals surface area contributed by atoms with E-state index in [0.29, 0.717) is 30.7 Å². The van der Waals surface area contributed by atoms with E-state index in [1.165, 1.54) is 0 Å². The molecule has 1 aromatic rings. The molecule has 0 spiro atoms. The largest absolute Gasteiger partial charge is 0.373 e. The number of Topliss-reactive ketones (excluding diaryl/α,β-unsaturated/α-hetero) is 1. The van der Waals surface area contributed by atoms with E-state index in [1.807, 2.05) is 6.92 Å². The molecule has 0 saturated carbocycles. The highest BCUT2D eigenvalue weighted by Gasteiger charge is 2.31. The molecule has 5 nitrogen and oxygen atoms in total. The summed E-state index contributed by atoms with van der Waals surface area (Å²) in [6, 6.07) is 0. The summed E-state index contributed by atoms with van der Waals surface area (Å²) >= 11 is 1.61. The van der Waals surface area contributed by atoms with Gasteiger partial charge in [-0.25, -0.2) is 0 Å². The summed E-state index contributed by atoms with van der Waals surface area (Å²) in [5.41, 5.74) is 0.